The monoisotopic (exact) mass is 591 g/mol. The molecule has 0 unspecified atom stereocenters. The minimum Gasteiger partial charge on any atom is -0.352 e. The van der Waals surface area contributed by atoms with Gasteiger partial charge in [-0.1, -0.05) is 48.5 Å². The van der Waals surface area contributed by atoms with Crippen molar-refractivity contribution >= 4 is 55.4 Å². The topological polar surface area (TPSA) is 87.2 Å². The van der Waals surface area contributed by atoms with Crippen molar-refractivity contribution in [3.05, 3.63) is 108 Å². The van der Waals surface area contributed by atoms with Crippen molar-refractivity contribution in [2.75, 3.05) is 33.2 Å². The van der Waals surface area contributed by atoms with Gasteiger partial charge in [-0.25, -0.2) is 18.7 Å². The Morgan fingerprint density at radius 3 is 1.43 bits per heavy atom. The van der Waals surface area contributed by atoms with Gasteiger partial charge in [0.25, 0.3) is 11.8 Å². The molecule has 6 aromatic rings. The molecule has 4 aromatic carbocycles. The van der Waals surface area contributed by atoms with Gasteiger partial charge < -0.3 is 15.5 Å². The zero-order chi connectivity index (χ0) is 30.6. The molecule has 9 heteroatoms. The summed E-state index contributed by atoms with van der Waals surface area (Å²) in [6, 6.07) is 24.0. The average Bonchev–Trinajstić information content (AvgIpc) is 3.03. The summed E-state index contributed by atoms with van der Waals surface area (Å²) in [7, 11) is 1.99. The van der Waals surface area contributed by atoms with Gasteiger partial charge in [-0.3, -0.25) is 9.59 Å². The standard InChI is InChI=1S/C35H31F2N5O2/c1-42(18-6-16-38-34(43)26-12-2-8-22-20-24-10-4-14-28(36)32(24)40-30(22)26)19-7-17-39-35(44)27-13-3-9-23-21-25-11-5-15-29(37)33(25)41-31(23)27/h2-5,8-15,20-21H,6-7,16-19H2,1H3,(H,38,43)(H,39,44). The van der Waals surface area contributed by atoms with E-state index < -0.39 is 11.6 Å². The van der Waals surface area contributed by atoms with Gasteiger partial charge in [0.2, 0.25) is 0 Å². The highest BCUT2D eigenvalue weighted by molar-refractivity contribution is 6.08. The summed E-state index contributed by atoms with van der Waals surface area (Å²) < 4.78 is 28.6. The number of nitrogens with zero attached hydrogens (tertiary/aromatic N) is 3. The lowest BCUT2D eigenvalue weighted by Crippen LogP contribution is -2.31. The molecule has 0 aliphatic carbocycles. The van der Waals surface area contributed by atoms with Gasteiger partial charge in [0.15, 0.2) is 0 Å². The minimum atomic E-state index is -0.418. The van der Waals surface area contributed by atoms with E-state index in [2.05, 4.69) is 25.5 Å². The van der Waals surface area contributed by atoms with Crippen molar-refractivity contribution in [3.8, 4) is 0 Å². The molecule has 0 saturated heterocycles. The maximum atomic E-state index is 14.3. The van der Waals surface area contributed by atoms with Crippen molar-refractivity contribution in [3.63, 3.8) is 0 Å². The second kappa shape index (κ2) is 12.7. The fourth-order valence-corrected chi connectivity index (χ4v) is 5.47. The van der Waals surface area contributed by atoms with E-state index in [1.165, 1.54) is 12.1 Å². The van der Waals surface area contributed by atoms with Crippen LogP contribution in [0.4, 0.5) is 8.78 Å². The lowest BCUT2D eigenvalue weighted by molar-refractivity contribution is 0.0947. The molecule has 222 valence electrons. The number of carbonyl (C=O) groups is 2. The van der Waals surface area contributed by atoms with E-state index in [1.807, 2.05) is 31.3 Å². The number of aromatic nitrogens is 2. The second-order valence-electron chi connectivity index (χ2n) is 10.9. The lowest BCUT2D eigenvalue weighted by atomic mass is 10.1. The molecule has 0 aliphatic rings. The van der Waals surface area contributed by atoms with E-state index in [0.717, 1.165) is 36.7 Å². The molecule has 6 rings (SSSR count). The highest BCUT2D eigenvalue weighted by Crippen LogP contribution is 2.25. The molecular weight excluding hydrogens is 560 g/mol. The molecule has 0 atom stereocenters. The second-order valence-corrected chi connectivity index (χ2v) is 10.9. The van der Waals surface area contributed by atoms with Crippen LogP contribution in [0.2, 0.25) is 0 Å². The van der Waals surface area contributed by atoms with Gasteiger partial charge in [0.05, 0.1) is 22.2 Å². The summed E-state index contributed by atoms with van der Waals surface area (Å²) in [4.78, 5) is 37.0. The Bertz CT molecular complexity index is 1890. The number of benzene rings is 4. The predicted molar refractivity (Wildman–Crippen MR) is 170 cm³/mol. The third-order valence-electron chi connectivity index (χ3n) is 7.73. The van der Waals surface area contributed by atoms with Gasteiger partial charge in [0, 0.05) is 34.6 Å². The van der Waals surface area contributed by atoms with Gasteiger partial charge >= 0.3 is 0 Å². The zero-order valence-electron chi connectivity index (χ0n) is 24.2. The van der Waals surface area contributed by atoms with Crippen LogP contribution in [0, 0.1) is 11.6 Å². The summed E-state index contributed by atoms with van der Waals surface area (Å²) in [5.74, 6) is -1.33. The highest BCUT2D eigenvalue weighted by Gasteiger charge is 2.15. The fraction of sp³-hybridized carbons (Fsp3) is 0.200. The number of halogens is 2. The molecule has 0 spiro atoms. The fourth-order valence-electron chi connectivity index (χ4n) is 5.47. The first-order valence-electron chi connectivity index (χ1n) is 14.6. The van der Waals surface area contributed by atoms with E-state index in [0.29, 0.717) is 46.0 Å². The first kappa shape index (κ1) is 29.1. The van der Waals surface area contributed by atoms with Crippen molar-refractivity contribution < 1.29 is 18.4 Å². The van der Waals surface area contributed by atoms with Crippen LogP contribution in [0.3, 0.4) is 0 Å². The average molecular weight is 592 g/mol. The highest BCUT2D eigenvalue weighted by atomic mass is 19.1. The van der Waals surface area contributed by atoms with Gasteiger partial charge in [0.1, 0.15) is 22.7 Å². The molecule has 2 heterocycles. The Labute approximate surface area is 252 Å². The Hall–Kier alpha value is -5.02. The normalized spacial score (nSPS) is 11.5. The summed E-state index contributed by atoms with van der Waals surface area (Å²) in [6.45, 7) is 2.46. The third kappa shape index (κ3) is 6.05. The Morgan fingerprint density at radius 1 is 0.614 bits per heavy atom. The molecule has 0 radical (unpaired) electrons. The molecular formula is C35H31F2N5O2. The third-order valence-corrected chi connectivity index (χ3v) is 7.73. The summed E-state index contributed by atoms with van der Waals surface area (Å²) in [6.07, 6.45) is 1.47. The Balaban J connectivity index is 0.971. The van der Waals surface area contributed by atoms with Crippen LogP contribution in [0.25, 0.3) is 43.6 Å². The van der Waals surface area contributed by atoms with Crippen LogP contribution in [0.15, 0.2) is 84.9 Å². The first-order chi connectivity index (χ1) is 21.4. The maximum Gasteiger partial charge on any atom is 0.253 e. The number of carbonyl (C=O) groups excluding carboxylic acids is 2. The Morgan fingerprint density at radius 2 is 1.00 bits per heavy atom. The first-order valence-corrected chi connectivity index (χ1v) is 14.6. The smallest absolute Gasteiger partial charge is 0.253 e. The number of amides is 2. The molecule has 0 bridgehead atoms. The molecule has 0 saturated carbocycles. The lowest BCUT2D eigenvalue weighted by Gasteiger charge is -2.17. The number of hydrogen-bond acceptors (Lipinski definition) is 5. The van der Waals surface area contributed by atoms with Crippen LogP contribution in [-0.2, 0) is 0 Å². The molecule has 2 N–H and O–H groups in total. The summed E-state index contributed by atoms with van der Waals surface area (Å²) in [5.41, 5.74) is 2.27. The summed E-state index contributed by atoms with van der Waals surface area (Å²) >= 11 is 0. The number of para-hydroxylation sites is 4. The molecule has 7 nitrogen and oxygen atoms in total. The van der Waals surface area contributed by atoms with Crippen molar-refractivity contribution in [2.45, 2.75) is 12.8 Å². The van der Waals surface area contributed by atoms with Crippen LogP contribution in [-0.4, -0.2) is 59.9 Å². The number of nitrogens with one attached hydrogen (secondary N) is 2. The van der Waals surface area contributed by atoms with E-state index in [9.17, 15) is 18.4 Å². The Kier molecular flexibility index (Phi) is 8.38. The molecule has 0 fully saturated rings. The molecule has 0 aliphatic heterocycles. The number of hydrogen-bond donors (Lipinski definition) is 2. The van der Waals surface area contributed by atoms with E-state index in [4.69, 9.17) is 0 Å². The van der Waals surface area contributed by atoms with Gasteiger partial charge in [-0.2, -0.15) is 0 Å². The van der Waals surface area contributed by atoms with Crippen LogP contribution < -0.4 is 10.6 Å². The van der Waals surface area contributed by atoms with Crippen molar-refractivity contribution in [1.29, 1.82) is 0 Å². The van der Waals surface area contributed by atoms with E-state index in [1.54, 1.807) is 48.5 Å². The molecule has 2 aromatic heterocycles. The summed E-state index contributed by atoms with van der Waals surface area (Å²) in [5, 5.41) is 8.84. The maximum absolute atomic E-state index is 14.3. The van der Waals surface area contributed by atoms with E-state index in [-0.39, 0.29) is 22.8 Å². The molecule has 44 heavy (non-hydrogen) atoms. The quantitative estimate of drug-likeness (QED) is 0.146. The van der Waals surface area contributed by atoms with Crippen LogP contribution >= 0.6 is 0 Å². The number of fused-ring (bicyclic) bond motifs is 4. The zero-order valence-corrected chi connectivity index (χ0v) is 24.2. The van der Waals surface area contributed by atoms with Crippen molar-refractivity contribution in [1.82, 2.24) is 25.5 Å². The SMILES string of the molecule is CN(CCCNC(=O)c1cccc2cc3cccc(F)c3nc12)CCCNC(=O)c1cccc2cc3cccc(F)c3nc12. The van der Waals surface area contributed by atoms with Gasteiger partial charge in [-0.15, -0.1) is 0 Å². The van der Waals surface area contributed by atoms with Crippen LogP contribution in [0.5, 0.6) is 0 Å². The number of pyridine rings is 2. The van der Waals surface area contributed by atoms with Crippen molar-refractivity contribution in [2.24, 2.45) is 0 Å². The van der Waals surface area contributed by atoms with Gasteiger partial charge in [-0.05, 0) is 69.4 Å². The molecule has 2 amide bonds. The minimum absolute atomic E-state index is 0.246. The predicted octanol–water partition coefficient (Wildman–Crippen LogP) is 6.24. The van der Waals surface area contributed by atoms with E-state index >= 15 is 0 Å². The van der Waals surface area contributed by atoms with Crippen LogP contribution in [0.1, 0.15) is 33.6 Å². The largest absolute Gasteiger partial charge is 0.352 e. The number of rotatable bonds is 10.